The highest BCUT2D eigenvalue weighted by Gasteiger charge is 2.19. The van der Waals surface area contributed by atoms with E-state index in [0.29, 0.717) is 19.3 Å². The van der Waals surface area contributed by atoms with Gasteiger partial charge in [0.15, 0.2) is 6.10 Å². The van der Waals surface area contributed by atoms with Gasteiger partial charge in [-0.1, -0.05) is 248 Å². The Bertz CT molecular complexity index is 1320. The van der Waals surface area contributed by atoms with Gasteiger partial charge in [-0.3, -0.25) is 14.4 Å². The molecule has 0 aliphatic carbocycles. The van der Waals surface area contributed by atoms with Gasteiger partial charge in [-0.15, -0.1) is 0 Å². The fourth-order valence-electron chi connectivity index (χ4n) is 8.52. The summed E-state index contributed by atoms with van der Waals surface area (Å²) in [6.07, 6.45) is 76.1. The number of hydrogen-bond donors (Lipinski definition) is 0. The lowest BCUT2D eigenvalue weighted by molar-refractivity contribution is -0.167. The minimum atomic E-state index is -0.790. The molecule has 0 spiro atoms. The fraction of sp³-hybridized carbons (Fsp3) is 0.769. The summed E-state index contributed by atoms with van der Waals surface area (Å²) in [6, 6.07) is 0. The number of hydrogen-bond acceptors (Lipinski definition) is 6. The molecule has 0 amide bonds. The van der Waals surface area contributed by atoms with Crippen molar-refractivity contribution in [2.75, 3.05) is 13.2 Å². The van der Waals surface area contributed by atoms with Gasteiger partial charge in [0.2, 0.25) is 0 Å². The third-order valence-corrected chi connectivity index (χ3v) is 13.2. The van der Waals surface area contributed by atoms with Crippen LogP contribution in [0.3, 0.4) is 0 Å². The van der Waals surface area contributed by atoms with Gasteiger partial charge >= 0.3 is 17.9 Å². The smallest absolute Gasteiger partial charge is 0.306 e. The fourth-order valence-corrected chi connectivity index (χ4v) is 8.52. The van der Waals surface area contributed by atoms with E-state index in [1.807, 2.05) is 0 Å². The van der Waals surface area contributed by atoms with Crippen LogP contribution >= 0.6 is 0 Å². The summed E-state index contributed by atoms with van der Waals surface area (Å²) in [5, 5.41) is 0. The molecule has 6 nitrogen and oxygen atoms in total. The molecule has 0 N–H and O–H groups in total. The number of carbonyl (C=O) groups is 3. The van der Waals surface area contributed by atoms with E-state index < -0.39 is 6.10 Å². The highest BCUT2D eigenvalue weighted by Crippen LogP contribution is 2.15. The molecule has 0 saturated heterocycles. The van der Waals surface area contributed by atoms with Crippen molar-refractivity contribution >= 4 is 17.9 Å². The van der Waals surface area contributed by atoms with E-state index in [9.17, 15) is 14.4 Å². The molecule has 0 aromatic carbocycles. The lowest BCUT2D eigenvalue weighted by Gasteiger charge is -2.18. The van der Waals surface area contributed by atoms with Crippen LogP contribution in [0.5, 0.6) is 0 Å². The number of ether oxygens (including phenoxy) is 3. The molecular weight excluding hydrogens is 877 g/mol. The maximum atomic E-state index is 12.9. The summed E-state index contributed by atoms with van der Waals surface area (Å²) in [6.45, 7) is 6.57. The third kappa shape index (κ3) is 57.6. The predicted molar refractivity (Wildman–Crippen MR) is 307 cm³/mol. The van der Waals surface area contributed by atoms with Gasteiger partial charge in [0.1, 0.15) is 13.2 Å². The largest absolute Gasteiger partial charge is 0.462 e. The van der Waals surface area contributed by atoms with Crippen molar-refractivity contribution in [1.29, 1.82) is 0 Å². The molecule has 0 aliphatic heterocycles. The molecule has 0 saturated carbocycles. The molecule has 0 aromatic rings. The van der Waals surface area contributed by atoms with E-state index in [4.69, 9.17) is 14.2 Å². The standard InChI is InChI=1S/C65H114O6/c1-4-7-10-13-16-19-22-25-28-30-31-32-33-34-35-36-38-40-43-46-49-52-55-58-64(67)70-61-62(60-69-63(66)57-54-51-48-45-42-39-27-24-21-18-15-12-9-6-3)71-65(68)59-56-53-50-47-44-41-37-29-26-23-20-17-14-11-8-5-2/h15,18,20,22-25,27,29-31,37,62H,4-14,16-17,19,21,26,28,32-36,38-61H2,1-3H3/b18-15-,23-20-,25-22-,27-24-,31-30-,37-29-. The summed E-state index contributed by atoms with van der Waals surface area (Å²) >= 11 is 0. The highest BCUT2D eigenvalue weighted by molar-refractivity contribution is 5.71. The Morgan fingerprint density at radius 1 is 0.282 bits per heavy atom. The van der Waals surface area contributed by atoms with Gasteiger partial charge < -0.3 is 14.2 Å². The number of rotatable bonds is 55. The molecule has 6 heteroatoms. The maximum Gasteiger partial charge on any atom is 0.306 e. The third-order valence-electron chi connectivity index (χ3n) is 13.2. The Labute approximate surface area is 440 Å². The van der Waals surface area contributed by atoms with E-state index in [2.05, 4.69) is 93.7 Å². The van der Waals surface area contributed by atoms with Gasteiger partial charge in [-0.25, -0.2) is 0 Å². The maximum absolute atomic E-state index is 12.9. The van der Waals surface area contributed by atoms with Crippen LogP contribution in [0.2, 0.25) is 0 Å². The lowest BCUT2D eigenvalue weighted by atomic mass is 10.0. The number of esters is 3. The van der Waals surface area contributed by atoms with Gasteiger partial charge in [0.05, 0.1) is 0 Å². The van der Waals surface area contributed by atoms with Gasteiger partial charge in [-0.05, 0) is 109 Å². The van der Waals surface area contributed by atoms with E-state index >= 15 is 0 Å². The highest BCUT2D eigenvalue weighted by atomic mass is 16.6. The van der Waals surface area contributed by atoms with Crippen molar-refractivity contribution < 1.29 is 28.6 Å². The van der Waals surface area contributed by atoms with E-state index in [1.54, 1.807) is 0 Å². The van der Waals surface area contributed by atoms with E-state index in [1.165, 1.54) is 154 Å². The minimum absolute atomic E-state index is 0.0859. The summed E-state index contributed by atoms with van der Waals surface area (Å²) in [7, 11) is 0. The first-order chi connectivity index (χ1) is 35.0. The first kappa shape index (κ1) is 67.8. The number of unbranched alkanes of at least 4 members (excludes halogenated alkanes) is 32. The van der Waals surface area contributed by atoms with Crippen molar-refractivity contribution in [1.82, 2.24) is 0 Å². The van der Waals surface area contributed by atoms with Crippen LogP contribution in [-0.4, -0.2) is 37.2 Å². The van der Waals surface area contributed by atoms with E-state index in [-0.39, 0.29) is 31.1 Å². The van der Waals surface area contributed by atoms with Crippen LogP contribution in [0.1, 0.15) is 303 Å². The molecule has 0 aromatic heterocycles. The molecule has 1 unspecified atom stereocenters. The molecule has 410 valence electrons. The van der Waals surface area contributed by atoms with Gasteiger partial charge in [0, 0.05) is 19.3 Å². The summed E-state index contributed by atoms with van der Waals surface area (Å²) in [4.78, 5) is 38.2. The Morgan fingerprint density at radius 2 is 0.521 bits per heavy atom. The average molecular weight is 992 g/mol. The molecule has 0 radical (unpaired) electrons. The van der Waals surface area contributed by atoms with E-state index in [0.717, 1.165) is 109 Å². The first-order valence-corrected chi connectivity index (χ1v) is 30.4. The van der Waals surface area contributed by atoms with Crippen LogP contribution in [0, 0.1) is 0 Å². The topological polar surface area (TPSA) is 78.9 Å². The normalized spacial score (nSPS) is 12.5. The SMILES string of the molecule is CCCC/C=C\C/C=C\CCCCCCCC(=O)OCC(COC(=O)CCCCCCCCCCCCC/C=C\C/C=C\CCCCCCC)OC(=O)CCCCCCC/C=C\C/C=C\CCCCCC. The van der Waals surface area contributed by atoms with Crippen LogP contribution in [-0.2, 0) is 28.6 Å². The second kappa shape index (κ2) is 59.4. The molecular formula is C65H114O6. The monoisotopic (exact) mass is 991 g/mol. The molecule has 0 aliphatic rings. The number of allylic oxidation sites excluding steroid dienone is 12. The molecule has 71 heavy (non-hydrogen) atoms. The van der Waals surface area contributed by atoms with Crippen molar-refractivity contribution in [2.45, 2.75) is 309 Å². The zero-order valence-corrected chi connectivity index (χ0v) is 47.0. The van der Waals surface area contributed by atoms with Gasteiger partial charge in [0.25, 0.3) is 0 Å². The Morgan fingerprint density at radius 3 is 0.831 bits per heavy atom. The minimum Gasteiger partial charge on any atom is -0.462 e. The number of carbonyl (C=O) groups excluding carboxylic acids is 3. The van der Waals surface area contributed by atoms with Crippen molar-refractivity contribution in [2.24, 2.45) is 0 Å². The average Bonchev–Trinajstić information content (AvgIpc) is 3.37. The van der Waals surface area contributed by atoms with Gasteiger partial charge in [-0.2, -0.15) is 0 Å². The Balaban J connectivity index is 4.35. The molecule has 0 bridgehead atoms. The molecule has 0 heterocycles. The second-order valence-corrected chi connectivity index (χ2v) is 20.2. The van der Waals surface area contributed by atoms with Crippen LogP contribution in [0.25, 0.3) is 0 Å². The van der Waals surface area contributed by atoms with Crippen LogP contribution in [0.15, 0.2) is 72.9 Å². The predicted octanol–water partition coefficient (Wildman–Crippen LogP) is 20.5. The quantitative estimate of drug-likeness (QED) is 0.0261. The Kier molecular flexibility index (Phi) is 56.8. The van der Waals surface area contributed by atoms with Crippen molar-refractivity contribution in [3.8, 4) is 0 Å². The zero-order valence-electron chi connectivity index (χ0n) is 47.0. The summed E-state index contributed by atoms with van der Waals surface area (Å²) < 4.78 is 16.9. The van der Waals surface area contributed by atoms with Crippen LogP contribution in [0.4, 0.5) is 0 Å². The van der Waals surface area contributed by atoms with Crippen molar-refractivity contribution in [3.63, 3.8) is 0 Å². The first-order valence-electron chi connectivity index (χ1n) is 30.4. The summed E-state index contributed by atoms with van der Waals surface area (Å²) in [5.74, 6) is -0.906. The molecule has 0 fully saturated rings. The zero-order chi connectivity index (χ0) is 51.4. The molecule has 0 rings (SSSR count). The Hall–Kier alpha value is -3.15. The van der Waals surface area contributed by atoms with Crippen molar-refractivity contribution in [3.05, 3.63) is 72.9 Å². The molecule has 1 atom stereocenters. The van der Waals surface area contributed by atoms with Crippen LogP contribution < -0.4 is 0 Å². The lowest BCUT2D eigenvalue weighted by Crippen LogP contribution is -2.30. The summed E-state index contributed by atoms with van der Waals surface area (Å²) in [5.41, 5.74) is 0. The second-order valence-electron chi connectivity index (χ2n) is 20.2.